The molecule has 2 rings (SSSR count). The summed E-state index contributed by atoms with van der Waals surface area (Å²) in [6, 6.07) is 10.2. The van der Waals surface area contributed by atoms with Gasteiger partial charge < -0.3 is 29.9 Å². The second-order valence-electron chi connectivity index (χ2n) is 5.23. The molecule has 0 unspecified atom stereocenters. The van der Waals surface area contributed by atoms with E-state index in [9.17, 15) is 10.2 Å². The maximum Gasteiger partial charge on any atom is 0.300 e. The summed E-state index contributed by atoms with van der Waals surface area (Å²) in [7, 11) is 3.01. The fraction of sp³-hybridized carbons (Fsp3) is 0.200. The Labute approximate surface area is 162 Å². The van der Waals surface area contributed by atoms with Crippen LogP contribution in [0.2, 0.25) is 0 Å². The van der Waals surface area contributed by atoms with Gasteiger partial charge in [-0.1, -0.05) is 24.3 Å². The van der Waals surface area contributed by atoms with E-state index in [1.165, 1.54) is 14.2 Å². The van der Waals surface area contributed by atoms with Crippen molar-refractivity contribution in [3.8, 4) is 23.0 Å². The minimum atomic E-state index is -0.833. The Balaban J connectivity index is 0.000000776. The Bertz CT molecular complexity index is 736. The number of phenolic OH excluding ortho intramolecular Hbond substituents is 2. The molecule has 0 aromatic heterocycles. The zero-order chi connectivity index (χ0) is 21.7. The molecule has 0 aliphatic heterocycles. The first-order chi connectivity index (χ1) is 13.1. The van der Waals surface area contributed by atoms with E-state index in [2.05, 4.69) is 0 Å². The molecule has 0 fully saturated rings. The van der Waals surface area contributed by atoms with Crippen LogP contribution in [0.15, 0.2) is 36.4 Å². The Morgan fingerprint density at radius 1 is 0.750 bits per heavy atom. The Hall–Kier alpha value is -3.68. The monoisotopic (exact) mass is 392 g/mol. The molecular formula is C20H24O8. The number of carboxylic acids is 2. The normalized spacial score (nSPS) is 9.43. The smallest absolute Gasteiger partial charge is 0.300 e. The predicted molar refractivity (Wildman–Crippen MR) is 105 cm³/mol. The average molecular weight is 392 g/mol. The minimum Gasteiger partial charge on any atom is -0.504 e. The third kappa shape index (κ3) is 10.3. The van der Waals surface area contributed by atoms with Crippen molar-refractivity contribution in [2.24, 2.45) is 0 Å². The lowest BCUT2D eigenvalue weighted by Crippen LogP contribution is -1.85. The molecule has 0 aliphatic carbocycles. The van der Waals surface area contributed by atoms with E-state index in [-0.39, 0.29) is 11.5 Å². The van der Waals surface area contributed by atoms with Gasteiger partial charge in [0.05, 0.1) is 14.2 Å². The molecule has 0 saturated heterocycles. The van der Waals surface area contributed by atoms with Gasteiger partial charge in [-0.05, 0) is 35.4 Å². The number of hydrogen-bond donors (Lipinski definition) is 4. The molecule has 2 aromatic rings. The highest BCUT2D eigenvalue weighted by Crippen LogP contribution is 2.29. The van der Waals surface area contributed by atoms with Crippen LogP contribution in [0, 0.1) is 0 Å². The number of carbonyl (C=O) groups is 2. The summed E-state index contributed by atoms with van der Waals surface area (Å²) in [4.78, 5) is 18.0. The number of aromatic hydroxyl groups is 2. The summed E-state index contributed by atoms with van der Waals surface area (Å²) in [6.07, 6.45) is 3.77. The number of aliphatic carboxylic acids is 2. The van der Waals surface area contributed by atoms with Crippen LogP contribution in [0.5, 0.6) is 23.0 Å². The van der Waals surface area contributed by atoms with Crippen LogP contribution < -0.4 is 9.47 Å². The quantitative estimate of drug-likeness (QED) is 0.581. The lowest BCUT2D eigenvalue weighted by atomic mass is 10.1. The highest BCUT2D eigenvalue weighted by atomic mass is 16.5. The molecule has 0 bridgehead atoms. The molecule has 2 aromatic carbocycles. The fourth-order valence-corrected chi connectivity index (χ4v) is 1.79. The molecule has 8 nitrogen and oxygen atoms in total. The molecule has 0 saturated carbocycles. The van der Waals surface area contributed by atoms with Gasteiger partial charge in [-0.25, -0.2) is 0 Å². The van der Waals surface area contributed by atoms with Crippen LogP contribution in [0.4, 0.5) is 0 Å². The first-order valence-corrected chi connectivity index (χ1v) is 7.91. The minimum absolute atomic E-state index is 0.107. The number of methoxy groups -OCH3 is 2. The molecule has 152 valence electrons. The van der Waals surface area contributed by atoms with Crippen molar-refractivity contribution >= 4 is 24.1 Å². The average Bonchev–Trinajstić information content (AvgIpc) is 2.61. The molecule has 0 aliphatic rings. The third-order valence-electron chi connectivity index (χ3n) is 2.88. The van der Waals surface area contributed by atoms with Gasteiger partial charge >= 0.3 is 0 Å². The van der Waals surface area contributed by atoms with Crippen molar-refractivity contribution in [1.82, 2.24) is 0 Å². The zero-order valence-electron chi connectivity index (χ0n) is 16.0. The molecule has 0 amide bonds. The van der Waals surface area contributed by atoms with E-state index < -0.39 is 11.9 Å². The van der Waals surface area contributed by atoms with Gasteiger partial charge in [0.1, 0.15) is 0 Å². The van der Waals surface area contributed by atoms with E-state index in [1.807, 2.05) is 12.2 Å². The van der Waals surface area contributed by atoms with Crippen molar-refractivity contribution in [2.75, 3.05) is 14.2 Å². The largest absolute Gasteiger partial charge is 0.504 e. The van der Waals surface area contributed by atoms with Crippen molar-refractivity contribution < 1.29 is 39.5 Å². The van der Waals surface area contributed by atoms with Gasteiger partial charge in [0.25, 0.3) is 11.9 Å². The first-order valence-electron chi connectivity index (χ1n) is 7.91. The van der Waals surface area contributed by atoms with Crippen LogP contribution in [-0.2, 0) is 9.59 Å². The molecule has 0 atom stereocenters. The highest BCUT2D eigenvalue weighted by molar-refractivity contribution is 5.72. The molecule has 4 N–H and O–H groups in total. The third-order valence-corrected chi connectivity index (χ3v) is 2.88. The standard InChI is InChI=1S/C16H16O4.2C2H4O2/c1-19-15-9-11(5-7-13(15)17)3-4-12-6-8-14(18)16(10-12)20-2;2*1-2(3)4/h3-10,17-18H,1-2H3;2*1H3,(H,3,4). The van der Waals surface area contributed by atoms with Gasteiger partial charge in [-0.15, -0.1) is 0 Å². The summed E-state index contributed by atoms with van der Waals surface area (Å²) in [6.45, 7) is 2.17. The van der Waals surface area contributed by atoms with Gasteiger partial charge in [0.2, 0.25) is 0 Å². The van der Waals surface area contributed by atoms with E-state index in [0.717, 1.165) is 25.0 Å². The van der Waals surface area contributed by atoms with Crippen molar-refractivity contribution in [1.29, 1.82) is 0 Å². The molecule has 8 heteroatoms. The van der Waals surface area contributed by atoms with Crippen LogP contribution in [-0.4, -0.2) is 46.6 Å². The van der Waals surface area contributed by atoms with Crippen LogP contribution in [0.25, 0.3) is 12.2 Å². The van der Waals surface area contributed by atoms with Crippen LogP contribution >= 0.6 is 0 Å². The summed E-state index contributed by atoms with van der Waals surface area (Å²) in [5, 5.41) is 33.9. The highest BCUT2D eigenvalue weighted by Gasteiger charge is 2.02. The van der Waals surface area contributed by atoms with Gasteiger partial charge in [-0.3, -0.25) is 9.59 Å². The summed E-state index contributed by atoms with van der Waals surface area (Å²) >= 11 is 0. The second-order valence-corrected chi connectivity index (χ2v) is 5.23. The number of benzene rings is 2. The van der Waals surface area contributed by atoms with E-state index >= 15 is 0 Å². The summed E-state index contributed by atoms with van der Waals surface area (Å²) in [5.41, 5.74) is 1.79. The van der Waals surface area contributed by atoms with Crippen LogP contribution in [0.3, 0.4) is 0 Å². The first kappa shape index (κ1) is 24.3. The molecule has 0 radical (unpaired) electrons. The number of phenols is 2. The number of hydrogen-bond acceptors (Lipinski definition) is 6. The van der Waals surface area contributed by atoms with E-state index in [4.69, 9.17) is 29.3 Å². The van der Waals surface area contributed by atoms with Gasteiger partial charge in [0.15, 0.2) is 23.0 Å². The SMILES string of the molecule is CC(=O)O.CC(=O)O.COc1cc(C=Cc2ccc(O)c(OC)c2)ccc1O. The Morgan fingerprint density at radius 3 is 1.29 bits per heavy atom. The molecule has 0 spiro atoms. The molecule has 0 heterocycles. The lowest BCUT2D eigenvalue weighted by molar-refractivity contribution is -0.135. The maximum atomic E-state index is 9.53. The Morgan fingerprint density at radius 2 is 1.04 bits per heavy atom. The zero-order valence-corrected chi connectivity index (χ0v) is 16.0. The Kier molecular flexibility index (Phi) is 11.0. The van der Waals surface area contributed by atoms with Crippen molar-refractivity contribution in [3.63, 3.8) is 0 Å². The van der Waals surface area contributed by atoms with Crippen molar-refractivity contribution in [3.05, 3.63) is 47.5 Å². The summed E-state index contributed by atoms with van der Waals surface area (Å²) < 4.78 is 10.1. The van der Waals surface area contributed by atoms with E-state index in [1.54, 1.807) is 36.4 Å². The second kappa shape index (κ2) is 12.6. The predicted octanol–water partition coefficient (Wildman–Crippen LogP) is 3.47. The molecule has 28 heavy (non-hydrogen) atoms. The fourth-order valence-electron chi connectivity index (χ4n) is 1.79. The summed E-state index contributed by atoms with van der Waals surface area (Å²) in [5.74, 6) is -0.599. The van der Waals surface area contributed by atoms with Gasteiger partial charge in [0, 0.05) is 13.8 Å². The molecular weight excluding hydrogens is 368 g/mol. The maximum absolute atomic E-state index is 9.53. The van der Waals surface area contributed by atoms with Gasteiger partial charge in [-0.2, -0.15) is 0 Å². The lowest BCUT2D eigenvalue weighted by Gasteiger charge is -2.05. The topological polar surface area (TPSA) is 134 Å². The number of rotatable bonds is 4. The van der Waals surface area contributed by atoms with E-state index in [0.29, 0.717) is 11.5 Å². The number of carboxylic acid groups (broad SMARTS) is 2. The van der Waals surface area contributed by atoms with Crippen LogP contribution in [0.1, 0.15) is 25.0 Å². The van der Waals surface area contributed by atoms with Crippen molar-refractivity contribution in [2.45, 2.75) is 13.8 Å². The number of ether oxygens (including phenoxy) is 2.